The van der Waals surface area contributed by atoms with Crippen molar-refractivity contribution < 1.29 is 47.4 Å². The molecule has 0 saturated carbocycles. The monoisotopic (exact) mass is 970 g/mol. The molecule has 10 heteroatoms. The molecule has 2 aliphatic heterocycles. The van der Waals surface area contributed by atoms with Crippen LogP contribution in [0.4, 0.5) is 0 Å². The molecule has 0 radical (unpaired) electrons. The van der Waals surface area contributed by atoms with E-state index >= 15 is 0 Å². The third-order valence-corrected chi connectivity index (χ3v) is 13.0. The average Bonchev–Trinajstić information content (AvgIpc) is 3.44. The van der Waals surface area contributed by atoms with Gasteiger partial charge in [-0.3, -0.25) is 0 Å². The lowest BCUT2D eigenvalue weighted by atomic mass is 9.94. The van der Waals surface area contributed by atoms with Gasteiger partial charge in [0.05, 0.1) is 65.6 Å². The van der Waals surface area contributed by atoms with E-state index in [-0.39, 0.29) is 19.8 Å². The second-order valence-electron chi connectivity index (χ2n) is 18.3. The number of rotatable bonds is 25. The number of ether oxygens (including phenoxy) is 10. The molecule has 2 aliphatic rings. The van der Waals surface area contributed by atoms with Crippen LogP contribution >= 0.6 is 0 Å². The van der Waals surface area contributed by atoms with Gasteiger partial charge in [-0.1, -0.05) is 212 Å². The standard InChI is InChI=1S/C62H66O10/c1-46-56(64-38-48-25-11-3-12-26-48)59(67-41-51-31-17-6-18-32-51)58(66-40-50-29-15-5-16-30-50)55(71-46)45-70-62-61(69-43-53-35-21-8-22-36-53)60(68-42-52-33-19-7-20-34-52)57(65-39-49-27-13-4-14-28-49)54(72-62)44-63-37-47-23-9-2-10-24-47/h2-36,46,54-62H,37-45H2,1H3/t46-,54+,55+,56-,57+,58-,59+,60-,61+,62?/m0/s1. The van der Waals surface area contributed by atoms with Gasteiger partial charge in [0.25, 0.3) is 0 Å². The van der Waals surface area contributed by atoms with Crippen molar-refractivity contribution in [3.8, 4) is 0 Å². The summed E-state index contributed by atoms with van der Waals surface area (Å²) in [5.41, 5.74) is 7.16. The molecule has 0 aliphatic carbocycles. The van der Waals surface area contributed by atoms with Gasteiger partial charge < -0.3 is 47.4 Å². The predicted molar refractivity (Wildman–Crippen MR) is 275 cm³/mol. The molecule has 0 amide bonds. The van der Waals surface area contributed by atoms with Crippen LogP contribution in [-0.2, 0) is 93.6 Å². The molecule has 10 nitrogen and oxygen atoms in total. The number of hydrogen-bond donors (Lipinski definition) is 0. The van der Waals surface area contributed by atoms with E-state index in [1.165, 1.54) is 0 Å². The summed E-state index contributed by atoms with van der Waals surface area (Å²) in [5, 5.41) is 0. The molecule has 2 fully saturated rings. The van der Waals surface area contributed by atoms with E-state index in [1.807, 2.05) is 159 Å². The minimum Gasteiger partial charge on any atom is -0.374 e. The molecule has 0 N–H and O–H groups in total. The first-order valence-electron chi connectivity index (χ1n) is 25.1. The molecular formula is C62H66O10. The smallest absolute Gasteiger partial charge is 0.187 e. The van der Waals surface area contributed by atoms with Crippen LogP contribution in [0, 0.1) is 0 Å². The van der Waals surface area contributed by atoms with Gasteiger partial charge in [-0.2, -0.15) is 0 Å². The lowest BCUT2D eigenvalue weighted by molar-refractivity contribution is -0.339. The van der Waals surface area contributed by atoms with Crippen molar-refractivity contribution in [2.45, 2.75) is 114 Å². The summed E-state index contributed by atoms with van der Waals surface area (Å²) in [6, 6.07) is 70.9. The maximum absolute atomic E-state index is 7.10. The first kappa shape index (κ1) is 51.1. The van der Waals surface area contributed by atoms with Crippen molar-refractivity contribution in [2.75, 3.05) is 13.2 Å². The Kier molecular flexibility index (Phi) is 19.3. The second kappa shape index (κ2) is 27.3. The lowest BCUT2D eigenvalue weighted by Gasteiger charge is -2.48. The first-order chi connectivity index (χ1) is 35.6. The van der Waals surface area contributed by atoms with Gasteiger partial charge in [-0.15, -0.1) is 0 Å². The molecule has 9 rings (SSSR count). The zero-order valence-corrected chi connectivity index (χ0v) is 40.9. The van der Waals surface area contributed by atoms with Crippen molar-refractivity contribution in [3.05, 3.63) is 251 Å². The quantitative estimate of drug-likeness (QED) is 0.0551. The van der Waals surface area contributed by atoms with E-state index in [0.29, 0.717) is 39.6 Å². The van der Waals surface area contributed by atoms with Crippen molar-refractivity contribution in [1.29, 1.82) is 0 Å². The van der Waals surface area contributed by atoms with E-state index in [9.17, 15) is 0 Å². The Morgan fingerprint density at radius 2 is 0.556 bits per heavy atom. The fourth-order valence-electron chi connectivity index (χ4n) is 9.22. The lowest BCUT2D eigenvalue weighted by Crippen LogP contribution is -2.63. The molecule has 7 aromatic carbocycles. The van der Waals surface area contributed by atoms with Crippen molar-refractivity contribution in [1.82, 2.24) is 0 Å². The molecule has 374 valence electrons. The highest BCUT2D eigenvalue weighted by molar-refractivity contribution is 5.19. The summed E-state index contributed by atoms with van der Waals surface area (Å²) >= 11 is 0. The van der Waals surface area contributed by atoms with Gasteiger partial charge in [0.15, 0.2) is 6.29 Å². The number of benzene rings is 7. The molecule has 0 spiro atoms. The summed E-state index contributed by atoms with van der Waals surface area (Å²) < 4.78 is 69.2. The topological polar surface area (TPSA) is 92.3 Å². The fraction of sp³-hybridized carbons (Fsp3) is 0.323. The van der Waals surface area contributed by atoms with Gasteiger partial charge in [0.1, 0.15) is 48.8 Å². The zero-order valence-electron chi connectivity index (χ0n) is 40.9. The Hall–Kier alpha value is -5.86. The third kappa shape index (κ3) is 14.9. The van der Waals surface area contributed by atoms with Gasteiger partial charge in [0.2, 0.25) is 0 Å². The summed E-state index contributed by atoms with van der Waals surface area (Å²) in [7, 11) is 0. The summed E-state index contributed by atoms with van der Waals surface area (Å²) in [5.74, 6) is 0. The summed E-state index contributed by atoms with van der Waals surface area (Å²) in [6.07, 6.45) is -6.35. The van der Waals surface area contributed by atoms with Crippen LogP contribution in [-0.4, -0.2) is 74.4 Å². The molecule has 2 heterocycles. The molecule has 10 atom stereocenters. The highest BCUT2D eigenvalue weighted by atomic mass is 16.7. The first-order valence-corrected chi connectivity index (χ1v) is 25.1. The number of hydrogen-bond acceptors (Lipinski definition) is 10. The van der Waals surface area contributed by atoms with Gasteiger partial charge in [0, 0.05) is 0 Å². The third-order valence-electron chi connectivity index (χ3n) is 13.0. The molecule has 1 unspecified atom stereocenters. The highest BCUT2D eigenvalue weighted by Crippen LogP contribution is 2.35. The largest absolute Gasteiger partial charge is 0.374 e. The van der Waals surface area contributed by atoms with Crippen molar-refractivity contribution in [2.24, 2.45) is 0 Å². The molecular weight excluding hydrogens is 905 g/mol. The molecule has 72 heavy (non-hydrogen) atoms. The van der Waals surface area contributed by atoms with E-state index in [2.05, 4.69) is 60.7 Å². The molecule has 7 aromatic rings. The van der Waals surface area contributed by atoms with Crippen LogP contribution in [0.3, 0.4) is 0 Å². The molecule has 0 aromatic heterocycles. The van der Waals surface area contributed by atoms with E-state index in [4.69, 9.17) is 47.4 Å². The maximum Gasteiger partial charge on any atom is 0.187 e. The maximum atomic E-state index is 7.10. The van der Waals surface area contributed by atoms with Crippen LogP contribution in [0.2, 0.25) is 0 Å². The van der Waals surface area contributed by atoms with Crippen LogP contribution in [0.1, 0.15) is 45.9 Å². The average molecular weight is 971 g/mol. The Morgan fingerprint density at radius 3 is 0.917 bits per heavy atom. The normalized spacial score (nSPS) is 24.2. The Morgan fingerprint density at radius 1 is 0.278 bits per heavy atom. The van der Waals surface area contributed by atoms with Gasteiger partial charge >= 0.3 is 0 Å². The fourth-order valence-corrected chi connectivity index (χ4v) is 9.22. The molecule has 2 saturated heterocycles. The minimum absolute atomic E-state index is 0.0643. The summed E-state index contributed by atoms with van der Waals surface area (Å²) in [6.45, 7) is 4.60. The van der Waals surface area contributed by atoms with Crippen LogP contribution < -0.4 is 0 Å². The van der Waals surface area contributed by atoms with Crippen LogP contribution in [0.25, 0.3) is 0 Å². The van der Waals surface area contributed by atoms with Gasteiger partial charge in [-0.05, 0) is 45.9 Å². The molecule has 0 bridgehead atoms. The Bertz CT molecular complexity index is 2540. The second-order valence-corrected chi connectivity index (χ2v) is 18.3. The Labute approximate surface area is 424 Å². The van der Waals surface area contributed by atoms with Crippen molar-refractivity contribution >= 4 is 0 Å². The zero-order chi connectivity index (χ0) is 49.0. The Balaban J connectivity index is 1.04. The van der Waals surface area contributed by atoms with Crippen LogP contribution in [0.5, 0.6) is 0 Å². The predicted octanol–water partition coefficient (Wildman–Crippen LogP) is 11.2. The SMILES string of the molecule is C[C@@H]1O[C@H](COC2O[C@H](COCc3ccccc3)[C@@H](OCc3ccccc3)[C@H](OCc3ccccc3)[C@H]2OCc2ccccc2)[C@H](OCc2ccccc2)[C@H](OCc2ccccc2)[C@H]1OCc1ccccc1. The van der Waals surface area contributed by atoms with E-state index in [0.717, 1.165) is 38.9 Å². The summed E-state index contributed by atoms with van der Waals surface area (Å²) in [4.78, 5) is 0. The van der Waals surface area contributed by atoms with Gasteiger partial charge in [-0.25, -0.2) is 0 Å². The van der Waals surface area contributed by atoms with Crippen LogP contribution in [0.15, 0.2) is 212 Å². The van der Waals surface area contributed by atoms with Crippen molar-refractivity contribution in [3.63, 3.8) is 0 Å². The minimum atomic E-state index is -0.958. The highest BCUT2D eigenvalue weighted by Gasteiger charge is 2.51. The van der Waals surface area contributed by atoms with E-state index in [1.54, 1.807) is 0 Å². The van der Waals surface area contributed by atoms with E-state index < -0.39 is 61.2 Å².